The van der Waals surface area contributed by atoms with Gasteiger partial charge in [-0.2, -0.15) is 0 Å². The van der Waals surface area contributed by atoms with Crippen molar-refractivity contribution in [3.63, 3.8) is 0 Å². The van der Waals surface area contributed by atoms with Crippen LogP contribution in [-0.2, 0) is 42.9 Å². The van der Waals surface area contributed by atoms with Crippen molar-refractivity contribution in [2.24, 2.45) is 0 Å². The molecule has 0 bridgehead atoms. The van der Waals surface area contributed by atoms with E-state index in [-0.39, 0.29) is 22.8 Å². The van der Waals surface area contributed by atoms with Crippen LogP contribution in [0.1, 0.15) is 45.0 Å². The number of aromatic hydroxyl groups is 1. The molecule has 1 aromatic rings. The smallest absolute Gasteiger partial charge is 0.303 e. The first-order chi connectivity index (χ1) is 15.9. The van der Waals surface area contributed by atoms with Gasteiger partial charge in [0.25, 0.3) is 0 Å². The first-order valence-corrected chi connectivity index (χ1v) is 10.2. The summed E-state index contributed by atoms with van der Waals surface area (Å²) >= 11 is 0. The van der Waals surface area contributed by atoms with Crippen LogP contribution in [0, 0.1) is 0 Å². The van der Waals surface area contributed by atoms with Crippen molar-refractivity contribution >= 4 is 29.7 Å². The Labute approximate surface area is 195 Å². The number of hydrogen-bond acceptors (Lipinski definition) is 12. The molecule has 1 N–H and O–H groups in total. The van der Waals surface area contributed by atoms with Crippen molar-refractivity contribution in [1.82, 2.24) is 0 Å². The summed E-state index contributed by atoms with van der Waals surface area (Å²) in [7, 11) is 0. The van der Waals surface area contributed by atoms with E-state index in [0.717, 1.165) is 33.8 Å². The van der Waals surface area contributed by atoms with Crippen molar-refractivity contribution in [1.29, 1.82) is 0 Å². The fraction of sp³-hybridized carbons (Fsp3) is 0.500. The fourth-order valence-corrected chi connectivity index (χ4v) is 3.30. The van der Waals surface area contributed by atoms with E-state index < -0.39 is 61.2 Å². The maximum absolute atomic E-state index is 11.8. The summed E-state index contributed by atoms with van der Waals surface area (Å²) in [6, 6.07) is 3.83. The third kappa shape index (κ3) is 7.17. The fourth-order valence-electron chi connectivity index (χ4n) is 3.30. The molecule has 1 saturated heterocycles. The molecule has 0 amide bonds. The minimum absolute atomic E-state index is 0.0170. The number of hydrogen-bond donors (Lipinski definition) is 1. The predicted octanol–water partition coefficient (Wildman–Crippen LogP) is 1.06. The van der Waals surface area contributed by atoms with E-state index in [1.54, 1.807) is 0 Å². The van der Waals surface area contributed by atoms with E-state index in [1.165, 1.54) is 19.1 Å². The molecule has 5 atom stereocenters. The molecular formula is C22H26O12. The third-order valence-corrected chi connectivity index (χ3v) is 4.55. The van der Waals surface area contributed by atoms with Gasteiger partial charge in [-0.3, -0.25) is 24.0 Å². The maximum atomic E-state index is 11.8. The topological polar surface area (TPSA) is 161 Å². The maximum Gasteiger partial charge on any atom is 0.303 e. The minimum atomic E-state index is -1.46. The number of rotatable bonds is 8. The number of benzene rings is 1. The zero-order valence-electron chi connectivity index (χ0n) is 19.3. The van der Waals surface area contributed by atoms with E-state index in [2.05, 4.69) is 0 Å². The van der Waals surface area contributed by atoms with Crippen molar-refractivity contribution in [3.05, 3.63) is 23.8 Å². The summed E-state index contributed by atoms with van der Waals surface area (Å²) in [6.45, 7) is 5.32. The van der Waals surface area contributed by atoms with Gasteiger partial charge >= 0.3 is 23.9 Å². The highest BCUT2D eigenvalue weighted by molar-refractivity contribution is 5.96. The molecule has 0 unspecified atom stereocenters. The Hall–Kier alpha value is -3.67. The van der Waals surface area contributed by atoms with E-state index in [4.69, 9.17) is 28.4 Å². The largest absolute Gasteiger partial charge is 0.507 e. The van der Waals surface area contributed by atoms with Crippen molar-refractivity contribution in [3.8, 4) is 11.5 Å². The van der Waals surface area contributed by atoms with Gasteiger partial charge in [-0.1, -0.05) is 0 Å². The molecule has 12 nitrogen and oxygen atoms in total. The SMILES string of the molecule is CC(=O)OC[C@@H]1O[C@@H](Oc2ccc(C(C)=O)c(O)c2)[C@@H](OC(C)=O)[C@@H](OC(C)=O)[C@@H]1OC(C)=O. The number of carbonyl (C=O) groups is 5. The molecular weight excluding hydrogens is 456 g/mol. The summed E-state index contributed by atoms with van der Waals surface area (Å²) in [5.74, 6) is -3.71. The Kier molecular flexibility index (Phi) is 8.96. The summed E-state index contributed by atoms with van der Waals surface area (Å²) in [6.07, 6.45) is -6.77. The molecule has 0 aliphatic carbocycles. The lowest BCUT2D eigenvalue weighted by Crippen LogP contribution is -2.63. The summed E-state index contributed by atoms with van der Waals surface area (Å²) in [5, 5.41) is 10.1. The second-order valence-corrected chi connectivity index (χ2v) is 7.42. The molecule has 1 fully saturated rings. The molecule has 0 spiro atoms. The summed E-state index contributed by atoms with van der Waals surface area (Å²) in [4.78, 5) is 58.3. The van der Waals surface area contributed by atoms with Gasteiger partial charge in [0.1, 0.15) is 24.2 Å². The molecule has 0 radical (unpaired) electrons. The zero-order valence-corrected chi connectivity index (χ0v) is 19.3. The van der Waals surface area contributed by atoms with Crippen LogP contribution in [0.25, 0.3) is 0 Å². The van der Waals surface area contributed by atoms with Crippen LogP contribution < -0.4 is 4.74 Å². The van der Waals surface area contributed by atoms with Crippen LogP contribution in [0.3, 0.4) is 0 Å². The van der Waals surface area contributed by atoms with Gasteiger partial charge in [0.2, 0.25) is 12.4 Å². The van der Waals surface area contributed by atoms with Crippen LogP contribution in [0.5, 0.6) is 11.5 Å². The molecule has 1 heterocycles. The van der Waals surface area contributed by atoms with Crippen LogP contribution >= 0.6 is 0 Å². The Morgan fingerprint density at radius 3 is 1.88 bits per heavy atom. The zero-order chi connectivity index (χ0) is 25.6. The number of ether oxygens (including phenoxy) is 6. The molecule has 12 heteroatoms. The number of carbonyl (C=O) groups excluding carboxylic acids is 5. The van der Waals surface area contributed by atoms with E-state index in [1.807, 2.05) is 0 Å². The highest BCUT2D eigenvalue weighted by atomic mass is 16.7. The second kappa shape index (κ2) is 11.5. The van der Waals surface area contributed by atoms with Crippen LogP contribution in [0.15, 0.2) is 18.2 Å². The first-order valence-electron chi connectivity index (χ1n) is 10.2. The Morgan fingerprint density at radius 1 is 0.824 bits per heavy atom. The number of Topliss-reactive ketones (excluding diaryl/α,β-unsaturated/α-hetero) is 1. The first kappa shape index (κ1) is 26.6. The molecule has 1 aromatic carbocycles. The van der Waals surface area contributed by atoms with Gasteiger partial charge in [-0.05, 0) is 19.1 Å². The average molecular weight is 482 g/mol. The van der Waals surface area contributed by atoms with Crippen LogP contribution in [-0.4, -0.2) is 72.1 Å². The molecule has 1 aliphatic rings. The summed E-state index contributed by atoms with van der Waals surface area (Å²) < 4.78 is 32.4. The number of phenolic OH excluding ortho intramolecular Hbond substituents is 1. The highest BCUT2D eigenvalue weighted by Crippen LogP contribution is 2.32. The van der Waals surface area contributed by atoms with Gasteiger partial charge in [0.05, 0.1) is 5.56 Å². The highest BCUT2D eigenvalue weighted by Gasteiger charge is 2.53. The number of phenols is 1. The normalized spacial score (nSPS) is 23.9. The van der Waals surface area contributed by atoms with E-state index in [9.17, 15) is 29.1 Å². The average Bonchev–Trinajstić information content (AvgIpc) is 2.69. The quantitative estimate of drug-likeness (QED) is 0.319. The third-order valence-electron chi connectivity index (χ3n) is 4.55. The lowest BCUT2D eigenvalue weighted by atomic mass is 9.98. The second-order valence-electron chi connectivity index (χ2n) is 7.42. The Bertz CT molecular complexity index is 955. The van der Waals surface area contributed by atoms with Crippen molar-refractivity contribution in [2.75, 3.05) is 6.61 Å². The molecule has 1 aliphatic heterocycles. The number of esters is 4. The molecule has 0 aromatic heterocycles. The van der Waals surface area contributed by atoms with Gasteiger partial charge in [-0.25, -0.2) is 0 Å². The van der Waals surface area contributed by atoms with Gasteiger partial charge in [0, 0.05) is 33.8 Å². The standard InChI is InChI=1S/C22H26O12/c1-10(23)16-7-6-15(8-17(16)28)33-22-21(32-14(5)27)20(31-13(4)26)19(30-12(3)25)18(34-22)9-29-11(2)24/h6-8,18-22,28H,9H2,1-5H3/t18-,19+,20-,21-,22+/m0/s1. The number of ketones is 1. The van der Waals surface area contributed by atoms with Gasteiger partial charge in [-0.15, -0.1) is 0 Å². The molecule has 2 rings (SSSR count). The van der Waals surface area contributed by atoms with Crippen molar-refractivity contribution < 1.29 is 57.5 Å². The van der Waals surface area contributed by atoms with E-state index >= 15 is 0 Å². The van der Waals surface area contributed by atoms with Crippen LogP contribution in [0.2, 0.25) is 0 Å². The summed E-state index contributed by atoms with van der Waals surface area (Å²) in [5.41, 5.74) is 0.0499. The van der Waals surface area contributed by atoms with Crippen LogP contribution in [0.4, 0.5) is 0 Å². The Morgan fingerprint density at radius 2 is 1.38 bits per heavy atom. The lowest BCUT2D eigenvalue weighted by Gasteiger charge is -2.43. The van der Waals surface area contributed by atoms with Gasteiger partial charge < -0.3 is 33.5 Å². The lowest BCUT2D eigenvalue weighted by molar-refractivity contribution is -0.288. The van der Waals surface area contributed by atoms with Crippen molar-refractivity contribution in [2.45, 2.75) is 65.3 Å². The monoisotopic (exact) mass is 482 g/mol. The van der Waals surface area contributed by atoms with E-state index in [0.29, 0.717) is 0 Å². The van der Waals surface area contributed by atoms with Gasteiger partial charge in [0.15, 0.2) is 18.0 Å². The Balaban J connectivity index is 2.47. The minimum Gasteiger partial charge on any atom is -0.507 e. The predicted molar refractivity (Wildman–Crippen MR) is 111 cm³/mol. The molecule has 0 saturated carbocycles. The molecule has 34 heavy (non-hydrogen) atoms. The molecule has 186 valence electrons.